The monoisotopic (exact) mass is 237 g/mol. The minimum atomic E-state index is -0.324. The quantitative estimate of drug-likeness (QED) is 0.848. The van der Waals surface area contributed by atoms with Gasteiger partial charge in [0, 0.05) is 19.2 Å². The summed E-state index contributed by atoms with van der Waals surface area (Å²) in [4.78, 5) is 4.35. The standard InChI is InChI=1S/C12H16FN3O/c1-2-16-11-4-3-8(13)7-10(11)15-12(16)9(14)5-6-17/h3-4,7,9,17H,2,5-6,14H2,1H3. The number of nitrogens with zero attached hydrogens (tertiary/aromatic N) is 2. The normalized spacial score (nSPS) is 13.2. The van der Waals surface area contributed by atoms with Gasteiger partial charge in [0.1, 0.15) is 11.6 Å². The smallest absolute Gasteiger partial charge is 0.126 e. The minimum Gasteiger partial charge on any atom is -0.396 e. The molecule has 0 aliphatic heterocycles. The number of aliphatic hydroxyl groups excluding tert-OH is 1. The molecule has 5 heteroatoms. The van der Waals surface area contributed by atoms with E-state index in [1.807, 2.05) is 11.5 Å². The zero-order chi connectivity index (χ0) is 12.4. The van der Waals surface area contributed by atoms with Crippen molar-refractivity contribution >= 4 is 11.0 Å². The maximum absolute atomic E-state index is 13.1. The second kappa shape index (κ2) is 4.81. The van der Waals surface area contributed by atoms with Crippen molar-refractivity contribution in [2.45, 2.75) is 25.9 Å². The van der Waals surface area contributed by atoms with E-state index in [0.29, 0.717) is 17.8 Å². The molecule has 17 heavy (non-hydrogen) atoms. The summed E-state index contributed by atoms with van der Waals surface area (Å²) in [7, 11) is 0. The Morgan fingerprint density at radius 2 is 2.29 bits per heavy atom. The van der Waals surface area contributed by atoms with Crippen LogP contribution in [-0.4, -0.2) is 21.3 Å². The van der Waals surface area contributed by atoms with Gasteiger partial charge >= 0.3 is 0 Å². The van der Waals surface area contributed by atoms with E-state index in [4.69, 9.17) is 10.8 Å². The molecule has 0 radical (unpaired) electrons. The molecule has 0 amide bonds. The van der Waals surface area contributed by atoms with Crippen LogP contribution in [0.15, 0.2) is 18.2 Å². The van der Waals surface area contributed by atoms with Crippen molar-refractivity contribution in [2.24, 2.45) is 5.73 Å². The average Bonchev–Trinajstić information content (AvgIpc) is 2.66. The number of hydrogen-bond donors (Lipinski definition) is 2. The van der Waals surface area contributed by atoms with Gasteiger partial charge in [0.25, 0.3) is 0 Å². The SMILES string of the molecule is CCn1c(C(N)CCO)nc2cc(F)ccc21. The first kappa shape index (κ1) is 12.0. The summed E-state index contributed by atoms with van der Waals surface area (Å²) in [5.41, 5.74) is 7.43. The highest BCUT2D eigenvalue weighted by Gasteiger charge is 2.15. The number of rotatable bonds is 4. The Morgan fingerprint density at radius 3 is 2.94 bits per heavy atom. The molecule has 4 nitrogen and oxygen atoms in total. The van der Waals surface area contributed by atoms with E-state index in [1.165, 1.54) is 12.1 Å². The van der Waals surface area contributed by atoms with Crippen LogP contribution in [0.1, 0.15) is 25.2 Å². The topological polar surface area (TPSA) is 64.1 Å². The number of aliphatic hydroxyl groups is 1. The molecule has 0 saturated heterocycles. The fourth-order valence-corrected chi connectivity index (χ4v) is 2.01. The highest BCUT2D eigenvalue weighted by molar-refractivity contribution is 5.76. The third-order valence-electron chi connectivity index (χ3n) is 2.83. The molecule has 0 fully saturated rings. The van der Waals surface area contributed by atoms with Gasteiger partial charge in [-0.2, -0.15) is 0 Å². The van der Waals surface area contributed by atoms with Crippen LogP contribution in [0.2, 0.25) is 0 Å². The minimum absolute atomic E-state index is 0.0163. The molecule has 1 aromatic heterocycles. The Labute approximate surface area is 98.9 Å². The van der Waals surface area contributed by atoms with Crippen molar-refractivity contribution in [1.82, 2.24) is 9.55 Å². The maximum atomic E-state index is 13.1. The molecule has 1 aromatic carbocycles. The lowest BCUT2D eigenvalue weighted by Crippen LogP contribution is -2.17. The molecule has 1 atom stereocenters. The number of aryl methyl sites for hydroxylation is 1. The zero-order valence-electron chi connectivity index (χ0n) is 9.73. The number of halogens is 1. The summed E-state index contributed by atoms with van der Waals surface area (Å²) in [5.74, 6) is 0.391. The number of hydrogen-bond acceptors (Lipinski definition) is 3. The Bertz CT molecular complexity index is 524. The molecule has 2 aromatic rings. The fraction of sp³-hybridized carbons (Fsp3) is 0.417. The Balaban J connectivity index is 2.55. The van der Waals surface area contributed by atoms with Crippen LogP contribution >= 0.6 is 0 Å². The lowest BCUT2D eigenvalue weighted by molar-refractivity contribution is 0.273. The van der Waals surface area contributed by atoms with E-state index in [1.54, 1.807) is 6.07 Å². The summed E-state index contributed by atoms with van der Waals surface area (Å²) < 4.78 is 15.1. The lowest BCUT2D eigenvalue weighted by Gasteiger charge is -2.11. The van der Waals surface area contributed by atoms with Crippen molar-refractivity contribution in [3.8, 4) is 0 Å². The van der Waals surface area contributed by atoms with Crippen molar-refractivity contribution in [3.63, 3.8) is 0 Å². The van der Waals surface area contributed by atoms with Gasteiger partial charge in [0.2, 0.25) is 0 Å². The number of fused-ring (bicyclic) bond motifs is 1. The second-order valence-corrected chi connectivity index (χ2v) is 3.97. The average molecular weight is 237 g/mol. The summed E-state index contributed by atoms with van der Waals surface area (Å²) in [5, 5.41) is 8.90. The molecule has 0 bridgehead atoms. The van der Waals surface area contributed by atoms with Crippen molar-refractivity contribution in [2.75, 3.05) is 6.61 Å². The predicted molar refractivity (Wildman–Crippen MR) is 64.0 cm³/mol. The molecule has 0 saturated carbocycles. The molecular formula is C12H16FN3O. The van der Waals surface area contributed by atoms with Crippen LogP contribution in [0.5, 0.6) is 0 Å². The van der Waals surface area contributed by atoms with E-state index in [9.17, 15) is 4.39 Å². The fourth-order valence-electron chi connectivity index (χ4n) is 2.01. The van der Waals surface area contributed by atoms with Crippen molar-refractivity contribution < 1.29 is 9.50 Å². The molecule has 0 spiro atoms. The highest BCUT2D eigenvalue weighted by atomic mass is 19.1. The van der Waals surface area contributed by atoms with Gasteiger partial charge in [-0.25, -0.2) is 9.37 Å². The maximum Gasteiger partial charge on any atom is 0.126 e. The molecule has 92 valence electrons. The number of imidazole rings is 1. The first-order valence-corrected chi connectivity index (χ1v) is 5.69. The van der Waals surface area contributed by atoms with Gasteiger partial charge in [-0.05, 0) is 25.5 Å². The van der Waals surface area contributed by atoms with Crippen LogP contribution in [-0.2, 0) is 6.54 Å². The highest BCUT2D eigenvalue weighted by Crippen LogP contribution is 2.22. The summed E-state index contributed by atoms with van der Waals surface area (Å²) in [6, 6.07) is 4.19. The van der Waals surface area contributed by atoms with Crippen LogP contribution in [0.4, 0.5) is 4.39 Å². The summed E-state index contributed by atoms with van der Waals surface area (Å²) >= 11 is 0. The third kappa shape index (κ3) is 2.16. The van der Waals surface area contributed by atoms with Crippen LogP contribution in [0.25, 0.3) is 11.0 Å². The number of benzene rings is 1. The summed E-state index contributed by atoms with van der Waals surface area (Å²) in [6.45, 7) is 2.72. The van der Waals surface area contributed by atoms with E-state index < -0.39 is 0 Å². The predicted octanol–water partition coefficient (Wildman–Crippen LogP) is 1.58. The molecule has 1 unspecified atom stereocenters. The van der Waals surface area contributed by atoms with Crippen LogP contribution < -0.4 is 5.73 Å². The number of nitrogens with two attached hydrogens (primary N) is 1. The molecular weight excluding hydrogens is 221 g/mol. The van der Waals surface area contributed by atoms with Crippen LogP contribution in [0, 0.1) is 5.82 Å². The van der Waals surface area contributed by atoms with E-state index in [2.05, 4.69) is 4.98 Å². The van der Waals surface area contributed by atoms with Crippen molar-refractivity contribution in [3.05, 3.63) is 29.8 Å². The Morgan fingerprint density at radius 1 is 1.53 bits per heavy atom. The van der Waals surface area contributed by atoms with Gasteiger partial charge < -0.3 is 15.4 Å². The van der Waals surface area contributed by atoms with Gasteiger partial charge in [-0.1, -0.05) is 0 Å². The van der Waals surface area contributed by atoms with E-state index in [-0.39, 0.29) is 18.5 Å². The van der Waals surface area contributed by atoms with E-state index >= 15 is 0 Å². The largest absolute Gasteiger partial charge is 0.396 e. The van der Waals surface area contributed by atoms with Crippen molar-refractivity contribution in [1.29, 1.82) is 0 Å². The number of aromatic nitrogens is 2. The van der Waals surface area contributed by atoms with Gasteiger partial charge in [0.15, 0.2) is 0 Å². The van der Waals surface area contributed by atoms with Gasteiger partial charge in [-0.15, -0.1) is 0 Å². The molecule has 1 heterocycles. The molecule has 2 rings (SSSR count). The Hall–Kier alpha value is -1.46. The molecule has 0 aliphatic carbocycles. The van der Waals surface area contributed by atoms with Gasteiger partial charge in [0.05, 0.1) is 17.1 Å². The second-order valence-electron chi connectivity index (χ2n) is 3.97. The Kier molecular flexibility index (Phi) is 3.40. The first-order valence-electron chi connectivity index (χ1n) is 5.69. The molecule has 0 aliphatic rings. The van der Waals surface area contributed by atoms with Crippen LogP contribution in [0.3, 0.4) is 0 Å². The summed E-state index contributed by atoms with van der Waals surface area (Å²) in [6.07, 6.45) is 0.450. The third-order valence-corrected chi connectivity index (χ3v) is 2.83. The molecule has 3 N–H and O–H groups in total. The first-order chi connectivity index (χ1) is 8.17. The van der Waals surface area contributed by atoms with Gasteiger partial charge in [-0.3, -0.25) is 0 Å². The lowest BCUT2D eigenvalue weighted by atomic mass is 10.2. The van der Waals surface area contributed by atoms with E-state index in [0.717, 1.165) is 12.1 Å². The zero-order valence-corrected chi connectivity index (χ0v) is 9.73.